The van der Waals surface area contributed by atoms with Gasteiger partial charge in [-0.2, -0.15) is 0 Å². The molecule has 0 aliphatic carbocycles. The van der Waals surface area contributed by atoms with Crippen LogP contribution in [0.5, 0.6) is 11.5 Å². The van der Waals surface area contributed by atoms with Gasteiger partial charge in [-0.15, -0.1) is 0 Å². The quantitative estimate of drug-likeness (QED) is 0.100. The average molecular weight is 772 g/mol. The number of benzene rings is 3. The Balaban J connectivity index is 0.000000727. The zero-order valence-electron chi connectivity index (χ0n) is 29.4. The van der Waals surface area contributed by atoms with Gasteiger partial charge < -0.3 is 4.90 Å². The molecule has 1 fully saturated rings. The van der Waals surface area contributed by atoms with E-state index in [4.69, 9.17) is 23.5 Å². The van der Waals surface area contributed by atoms with Gasteiger partial charge in [-0.05, 0) is 19.6 Å². The Labute approximate surface area is 302 Å². The van der Waals surface area contributed by atoms with Gasteiger partial charge in [-0.1, -0.05) is 20.8 Å². The van der Waals surface area contributed by atoms with E-state index in [1.807, 2.05) is 78.9 Å². The summed E-state index contributed by atoms with van der Waals surface area (Å²) in [5, 5.41) is 0. The van der Waals surface area contributed by atoms with Crippen LogP contribution in [-0.2, 0) is 19.6 Å². The Bertz CT molecular complexity index is 1680. The second kappa shape index (κ2) is 18.8. The topological polar surface area (TPSA) is 124 Å². The van der Waals surface area contributed by atoms with E-state index in [0.717, 1.165) is 16.7 Å². The van der Waals surface area contributed by atoms with E-state index in [-0.39, 0.29) is 13.0 Å². The number of hydrogen-bond acceptors (Lipinski definition) is 9. The Kier molecular flexibility index (Phi) is 14.8. The van der Waals surface area contributed by atoms with Crippen LogP contribution in [0.25, 0.3) is 0 Å². The van der Waals surface area contributed by atoms with Crippen LogP contribution in [0.15, 0.2) is 94.6 Å². The fourth-order valence-electron chi connectivity index (χ4n) is 6.00. The molecule has 0 saturated carbocycles. The summed E-state index contributed by atoms with van der Waals surface area (Å²) in [5.74, 6) is 1.40. The number of hydrogen-bond donors (Lipinski definition) is 2. The standard InChI is InChI=1S/C31H32N2O8PSe.C6H15N/c1-20-18-33(30(35)32-29(20)34)28-17-26(41-42(36)43)27(40-28)19-39-31(21-7-5-4-6-8-21,22-9-13-24(37-2)14-10-22)23-11-15-25(38-3)16-12-23;1-4-7(5-2)6-3/h4-16,18,26-28,36H,17,19H2,1-3H3,(H,32,34,35);4-6H2,1-3H3/t26-,27+,28+,42?;/m0./s1. The number of nitrogens with zero attached hydrogens (tertiary/aromatic N) is 2. The molecule has 11 nitrogen and oxygen atoms in total. The molecule has 1 aromatic heterocycles. The third kappa shape index (κ3) is 9.51. The molecule has 269 valence electrons. The maximum atomic E-state index is 12.7. The van der Waals surface area contributed by atoms with Gasteiger partial charge in [0.1, 0.15) is 0 Å². The molecule has 1 aliphatic heterocycles. The predicted octanol–water partition coefficient (Wildman–Crippen LogP) is 5.28. The molecule has 0 amide bonds. The first-order valence-electron chi connectivity index (χ1n) is 16.6. The normalized spacial score (nSPS) is 18.0. The van der Waals surface area contributed by atoms with Crippen molar-refractivity contribution < 1.29 is 28.4 Å². The third-order valence-corrected chi connectivity index (χ3v) is 9.83. The molecule has 4 aromatic rings. The minimum atomic E-state index is -1.86. The number of aromatic amines is 1. The van der Waals surface area contributed by atoms with Gasteiger partial charge in [0.2, 0.25) is 0 Å². The number of aromatic nitrogens is 2. The van der Waals surface area contributed by atoms with E-state index in [0.29, 0.717) is 17.1 Å². The molecule has 0 spiro atoms. The molecule has 2 N–H and O–H groups in total. The summed E-state index contributed by atoms with van der Waals surface area (Å²) in [6.45, 7) is 11.8. The van der Waals surface area contributed by atoms with Gasteiger partial charge in [0, 0.05) is 0 Å². The van der Waals surface area contributed by atoms with Crippen LogP contribution >= 0.6 is 7.07 Å². The van der Waals surface area contributed by atoms with Gasteiger partial charge in [-0.25, -0.2) is 0 Å². The van der Waals surface area contributed by atoms with E-state index in [1.54, 1.807) is 21.1 Å². The summed E-state index contributed by atoms with van der Waals surface area (Å²) in [7, 11) is 1.37. The first-order chi connectivity index (χ1) is 24.1. The summed E-state index contributed by atoms with van der Waals surface area (Å²) in [6.07, 6.45) is -0.306. The number of H-pyrrole nitrogens is 1. The summed E-state index contributed by atoms with van der Waals surface area (Å²) >= 11 is 2.60. The predicted molar refractivity (Wildman–Crippen MR) is 196 cm³/mol. The minimum absolute atomic E-state index is 0.0361. The van der Waals surface area contributed by atoms with Crippen LogP contribution in [-0.4, -0.2) is 87.6 Å². The summed E-state index contributed by atoms with van der Waals surface area (Å²) < 4.78 is 31.4. The van der Waals surface area contributed by atoms with Gasteiger partial charge in [0.15, 0.2) is 0 Å². The van der Waals surface area contributed by atoms with Crippen molar-refractivity contribution in [2.24, 2.45) is 0 Å². The van der Waals surface area contributed by atoms with E-state index in [9.17, 15) is 14.5 Å². The third-order valence-electron chi connectivity index (χ3n) is 8.84. The van der Waals surface area contributed by atoms with Crippen LogP contribution in [0, 0.1) is 6.92 Å². The fourth-order valence-corrected chi connectivity index (χ4v) is 7.15. The van der Waals surface area contributed by atoms with Gasteiger partial charge >= 0.3 is 244 Å². The van der Waals surface area contributed by atoms with Crippen molar-refractivity contribution >= 4 is 22.6 Å². The molecule has 3 aromatic carbocycles. The van der Waals surface area contributed by atoms with Crippen molar-refractivity contribution in [1.29, 1.82) is 0 Å². The molecule has 2 heterocycles. The molecule has 0 bridgehead atoms. The van der Waals surface area contributed by atoms with E-state index >= 15 is 0 Å². The molecule has 5 rings (SSSR count). The van der Waals surface area contributed by atoms with Crippen molar-refractivity contribution in [1.82, 2.24) is 14.5 Å². The fraction of sp³-hybridized carbons (Fsp3) is 0.405. The van der Waals surface area contributed by atoms with Crippen molar-refractivity contribution in [2.45, 2.75) is 58.2 Å². The Morgan fingerprint density at radius 1 is 0.900 bits per heavy atom. The van der Waals surface area contributed by atoms with Crippen LogP contribution < -0.4 is 20.7 Å². The van der Waals surface area contributed by atoms with Gasteiger partial charge in [-0.3, -0.25) is 0 Å². The van der Waals surface area contributed by atoms with Crippen molar-refractivity contribution in [3.05, 3.63) is 128 Å². The summed E-state index contributed by atoms with van der Waals surface area (Å²) in [4.78, 5) is 39.5. The summed E-state index contributed by atoms with van der Waals surface area (Å²) in [5.41, 5.74) is 0.786. The zero-order valence-corrected chi connectivity index (χ0v) is 32.0. The number of rotatable bonds is 14. The number of nitrogens with one attached hydrogen (secondary N) is 1. The van der Waals surface area contributed by atoms with E-state index < -0.39 is 42.4 Å². The monoisotopic (exact) mass is 772 g/mol. The number of ether oxygens (including phenoxy) is 4. The van der Waals surface area contributed by atoms with Crippen molar-refractivity contribution in [3.63, 3.8) is 0 Å². The molecule has 1 saturated heterocycles. The van der Waals surface area contributed by atoms with Crippen LogP contribution in [0.4, 0.5) is 0 Å². The van der Waals surface area contributed by atoms with E-state index in [2.05, 4.69) is 46.2 Å². The first-order valence-corrected chi connectivity index (χ1v) is 20.0. The van der Waals surface area contributed by atoms with E-state index in [1.165, 1.54) is 30.4 Å². The van der Waals surface area contributed by atoms with Crippen LogP contribution in [0.3, 0.4) is 0 Å². The second-order valence-corrected chi connectivity index (χ2v) is 14.3. The second-order valence-electron chi connectivity index (χ2n) is 11.7. The molecule has 1 unspecified atom stereocenters. The van der Waals surface area contributed by atoms with Crippen LogP contribution in [0.2, 0.25) is 0 Å². The zero-order chi connectivity index (χ0) is 36.3. The average Bonchev–Trinajstić information content (AvgIpc) is 3.53. The molecule has 1 aliphatic rings. The van der Waals surface area contributed by atoms with Gasteiger partial charge in [0.05, 0.1) is 14.2 Å². The van der Waals surface area contributed by atoms with Gasteiger partial charge in [0.25, 0.3) is 0 Å². The Hall–Kier alpha value is -3.31. The number of aryl methyl sites for hydroxylation is 1. The number of methoxy groups -OCH3 is 2. The summed E-state index contributed by atoms with van der Waals surface area (Å²) in [6, 6.07) is 25.2. The Morgan fingerprint density at radius 2 is 1.42 bits per heavy atom. The molecular weight excluding hydrogens is 724 g/mol. The molecule has 50 heavy (non-hydrogen) atoms. The molecule has 13 heteroatoms. The molecule has 1 radical (unpaired) electrons. The molecule has 4 atom stereocenters. The van der Waals surface area contributed by atoms with Crippen molar-refractivity contribution in [3.8, 4) is 11.5 Å². The SMILES string of the molecule is CCN(CC)CC.COc1ccc(C(OC[C@H]2O[C@@H](n3cc(C)c(=O)[nH]c3=O)C[C@@H]2OP(O)[Se])(c2ccccc2)c2ccc(OC)cc2)cc1. The van der Waals surface area contributed by atoms with Crippen molar-refractivity contribution in [2.75, 3.05) is 40.5 Å². The van der Waals surface area contributed by atoms with Crippen LogP contribution in [0.1, 0.15) is 55.7 Å². The first kappa shape index (κ1) is 39.5. The molecular formula is C37H47N3O8PSe. The maximum absolute atomic E-state index is 12.7. The Morgan fingerprint density at radius 3 is 1.88 bits per heavy atom.